The van der Waals surface area contributed by atoms with Crippen LogP contribution in [0.1, 0.15) is 78.6 Å². The highest BCUT2D eigenvalue weighted by molar-refractivity contribution is 8.02. The first-order valence-corrected chi connectivity index (χ1v) is 11.2. The Bertz CT molecular complexity index is 290. The standard InChI is InChI=1S/C15H33O3S2/c1-4-7-9-11-13-19(14-12-10-8-5-2)18-20(16,17)15-6-3/h4-15H2,1-3H3/q+1. The molecule has 0 aromatic heterocycles. The van der Waals surface area contributed by atoms with Crippen LogP contribution >= 0.6 is 0 Å². The van der Waals surface area contributed by atoms with Crippen LogP contribution < -0.4 is 0 Å². The van der Waals surface area contributed by atoms with E-state index in [4.69, 9.17) is 3.63 Å². The van der Waals surface area contributed by atoms with E-state index in [2.05, 4.69) is 13.8 Å². The van der Waals surface area contributed by atoms with Gasteiger partial charge in [-0.3, -0.25) is 0 Å². The maximum atomic E-state index is 11.8. The van der Waals surface area contributed by atoms with Gasteiger partial charge in [0, 0.05) is 0 Å². The Morgan fingerprint density at radius 3 is 1.65 bits per heavy atom. The summed E-state index contributed by atoms with van der Waals surface area (Å²) in [6.07, 6.45) is 10.1. The Morgan fingerprint density at radius 2 is 1.25 bits per heavy atom. The van der Waals surface area contributed by atoms with Crippen molar-refractivity contribution in [3.63, 3.8) is 0 Å². The van der Waals surface area contributed by atoms with E-state index in [1.54, 1.807) is 0 Å². The lowest BCUT2D eigenvalue weighted by Crippen LogP contribution is -2.22. The highest BCUT2D eigenvalue weighted by Gasteiger charge is 2.28. The van der Waals surface area contributed by atoms with Gasteiger partial charge in [-0.1, -0.05) is 46.5 Å². The average Bonchev–Trinajstić information content (AvgIpc) is 2.39. The fraction of sp³-hybridized carbons (Fsp3) is 1.00. The molecule has 20 heavy (non-hydrogen) atoms. The molecule has 3 nitrogen and oxygen atoms in total. The van der Waals surface area contributed by atoms with Crippen LogP contribution in [0.2, 0.25) is 0 Å². The second-order valence-corrected chi connectivity index (χ2v) is 9.06. The van der Waals surface area contributed by atoms with Crippen LogP contribution in [0.15, 0.2) is 0 Å². The molecule has 0 aliphatic heterocycles. The predicted molar refractivity (Wildman–Crippen MR) is 90.5 cm³/mol. The molecule has 0 aliphatic carbocycles. The molecule has 0 atom stereocenters. The molecule has 0 rings (SSSR count). The van der Waals surface area contributed by atoms with Crippen molar-refractivity contribution in [2.45, 2.75) is 78.6 Å². The summed E-state index contributed by atoms with van der Waals surface area (Å²) in [7, 11) is -3.30. The maximum Gasteiger partial charge on any atom is 0.311 e. The molecular weight excluding hydrogens is 292 g/mol. The second kappa shape index (κ2) is 13.0. The van der Waals surface area contributed by atoms with E-state index in [0.29, 0.717) is 6.42 Å². The van der Waals surface area contributed by atoms with Gasteiger partial charge in [0.05, 0.1) is 5.75 Å². The molecule has 0 bridgehead atoms. The molecule has 5 heteroatoms. The van der Waals surface area contributed by atoms with Crippen LogP contribution in [0.25, 0.3) is 0 Å². The lowest BCUT2D eigenvalue weighted by atomic mass is 10.2. The van der Waals surface area contributed by atoms with Crippen LogP contribution in [0.5, 0.6) is 0 Å². The van der Waals surface area contributed by atoms with Gasteiger partial charge in [-0.15, -0.1) is 0 Å². The lowest BCUT2D eigenvalue weighted by Gasteiger charge is -2.07. The van der Waals surface area contributed by atoms with E-state index in [0.717, 1.165) is 24.3 Å². The number of rotatable bonds is 14. The third-order valence-corrected chi connectivity index (χ3v) is 7.10. The number of hydrogen-bond donors (Lipinski definition) is 0. The molecule has 0 aliphatic rings. The van der Waals surface area contributed by atoms with Crippen molar-refractivity contribution in [1.29, 1.82) is 0 Å². The Balaban J connectivity index is 4.16. The maximum absolute atomic E-state index is 11.8. The first kappa shape index (κ1) is 20.3. The Hall–Kier alpha value is 0.260. The van der Waals surface area contributed by atoms with Gasteiger partial charge >= 0.3 is 10.1 Å². The minimum Gasteiger partial charge on any atom is -0.195 e. The van der Waals surface area contributed by atoms with Gasteiger partial charge in [0.2, 0.25) is 0 Å². The third-order valence-electron chi connectivity index (χ3n) is 3.11. The lowest BCUT2D eigenvalue weighted by molar-refractivity contribution is 0.509. The van der Waals surface area contributed by atoms with Crippen LogP contribution in [0.4, 0.5) is 0 Å². The third kappa shape index (κ3) is 12.0. The van der Waals surface area contributed by atoms with Crippen molar-refractivity contribution in [3.05, 3.63) is 0 Å². The SMILES string of the molecule is CCCCCC[S+](CCCCCC)OS(=O)(=O)CCC. The summed E-state index contributed by atoms with van der Waals surface area (Å²) in [6.45, 7) is 6.25. The zero-order valence-corrected chi connectivity index (χ0v) is 15.2. The van der Waals surface area contributed by atoms with E-state index in [1.807, 2.05) is 6.92 Å². The van der Waals surface area contributed by atoms with E-state index in [-0.39, 0.29) is 5.75 Å². The van der Waals surface area contributed by atoms with Crippen LogP contribution in [0.3, 0.4) is 0 Å². The fourth-order valence-corrected chi connectivity index (χ4v) is 5.73. The van der Waals surface area contributed by atoms with E-state index < -0.39 is 21.3 Å². The smallest absolute Gasteiger partial charge is 0.195 e. The van der Waals surface area contributed by atoms with Crippen molar-refractivity contribution in [2.75, 3.05) is 17.3 Å². The van der Waals surface area contributed by atoms with Crippen molar-refractivity contribution >= 4 is 21.3 Å². The number of unbranched alkanes of at least 4 members (excludes halogenated alkanes) is 6. The zero-order chi connectivity index (χ0) is 15.3. The van der Waals surface area contributed by atoms with Gasteiger partial charge in [0.25, 0.3) is 0 Å². The predicted octanol–water partition coefficient (Wildman–Crippen LogP) is 4.44. The molecule has 0 amide bonds. The molecule has 0 radical (unpaired) electrons. The Labute approximate surface area is 129 Å². The minimum absolute atomic E-state index is 0.153. The van der Waals surface area contributed by atoms with Crippen LogP contribution in [-0.2, 0) is 24.9 Å². The molecule has 0 fully saturated rings. The molecular formula is C15H33O3S2+. The second-order valence-electron chi connectivity index (χ2n) is 5.30. The van der Waals surface area contributed by atoms with Gasteiger partial charge < -0.3 is 0 Å². The summed E-state index contributed by atoms with van der Waals surface area (Å²) in [4.78, 5) is 0. The van der Waals surface area contributed by atoms with Crippen LogP contribution in [-0.4, -0.2) is 25.7 Å². The summed E-state index contributed by atoms with van der Waals surface area (Å²) in [5, 5.41) is 0. The molecule has 0 heterocycles. The highest BCUT2D eigenvalue weighted by Crippen LogP contribution is 2.14. The van der Waals surface area contributed by atoms with Gasteiger partial charge in [0.15, 0.2) is 11.2 Å². The summed E-state index contributed by atoms with van der Waals surface area (Å²) >= 11 is -0.390. The Kier molecular flexibility index (Phi) is 13.1. The van der Waals surface area contributed by atoms with E-state index >= 15 is 0 Å². The van der Waals surface area contributed by atoms with E-state index in [9.17, 15) is 8.42 Å². The highest BCUT2D eigenvalue weighted by atomic mass is 32.3. The first-order valence-electron chi connectivity index (χ1n) is 8.15. The monoisotopic (exact) mass is 325 g/mol. The van der Waals surface area contributed by atoms with Gasteiger partial charge in [-0.25, -0.2) is 0 Å². The molecule has 0 unspecified atom stereocenters. The minimum atomic E-state index is -3.30. The number of hydrogen-bond acceptors (Lipinski definition) is 3. The molecule has 122 valence electrons. The molecule has 0 saturated heterocycles. The fourth-order valence-electron chi connectivity index (χ4n) is 1.98. The van der Waals surface area contributed by atoms with Gasteiger partial charge in [0.1, 0.15) is 11.5 Å². The molecule has 0 aromatic rings. The summed E-state index contributed by atoms with van der Waals surface area (Å²) in [5.74, 6) is 1.98. The Morgan fingerprint density at radius 1 is 0.750 bits per heavy atom. The first-order chi connectivity index (χ1) is 9.55. The summed E-state index contributed by atoms with van der Waals surface area (Å²) in [5.41, 5.74) is 0. The largest absolute Gasteiger partial charge is 0.311 e. The quantitative estimate of drug-likeness (QED) is 0.350. The average molecular weight is 326 g/mol. The van der Waals surface area contributed by atoms with Crippen LogP contribution in [0, 0.1) is 0 Å². The molecule has 0 spiro atoms. The van der Waals surface area contributed by atoms with Gasteiger partial charge in [-0.2, -0.15) is 8.42 Å². The van der Waals surface area contributed by atoms with Crippen molar-refractivity contribution < 1.29 is 12.0 Å². The zero-order valence-electron chi connectivity index (χ0n) is 13.5. The van der Waals surface area contributed by atoms with Crippen molar-refractivity contribution in [3.8, 4) is 0 Å². The summed E-state index contributed by atoms with van der Waals surface area (Å²) in [6, 6.07) is 0. The van der Waals surface area contributed by atoms with Gasteiger partial charge in [-0.05, 0) is 35.7 Å². The molecule has 0 aromatic carbocycles. The normalized spacial score (nSPS) is 12.2. The van der Waals surface area contributed by atoms with Crippen molar-refractivity contribution in [2.24, 2.45) is 0 Å². The topological polar surface area (TPSA) is 43.4 Å². The molecule has 0 saturated carbocycles. The summed E-state index contributed by atoms with van der Waals surface area (Å²) < 4.78 is 29.0. The van der Waals surface area contributed by atoms with E-state index in [1.165, 1.54) is 38.5 Å². The molecule has 0 N–H and O–H groups in total. The van der Waals surface area contributed by atoms with Crippen molar-refractivity contribution in [1.82, 2.24) is 0 Å².